The topological polar surface area (TPSA) is 92.3 Å². The van der Waals surface area contributed by atoms with E-state index in [4.69, 9.17) is 23.2 Å². The van der Waals surface area contributed by atoms with E-state index >= 15 is 0 Å². The van der Waals surface area contributed by atoms with Crippen molar-refractivity contribution in [3.63, 3.8) is 0 Å². The lowest BCUT2D eigenvalue weighted by atomic mass is 10.2. The monoisotopic (exact) mass is 544 g/mol. The molecule has 3 aromatic carbocycles. The van der Waals surface area contributed by atoms with Gasteiger partial charge in [0.2, 0.25) is 0 Å². The first kappa shape index (κ1) is 23.8. The molecule has 4 rings (SSSR count). The summed E-state index contributed by atoms with van der Waals surface area (Å²) in [5.41, 5.74) is 0.428. The van der Waals surface area contributed by atoms with Gasteiger partial charge in [0.1, 0.15) is 10.0 Å². The van der Waals surface area contributed by atoms with Crippen LogP contribution in [0.3, 0.4) is 0 Å². The minimum atomic E-state index is -4.10. The van der Waals surface area contributed by atoms with Gasteiger partial charge >= 0.3 is 0 Å². The van der Waals surface area contributed by atoms with Crippen molar-refractivity contribution in [3.8, 4) is 0 Å². The number of nitrogens with one attached hydrogen (secondary N) is 2. The smallest absolute Gasteiger partial charge is 0.271 e. The number of benzene rings is 3. The molecule has 12 heteroatoms. The number of anilines is 2. The summed E-state index contributed by atoms with van der Waals surface area (Å²) < 4.78 is 71.0. The van der Waals surface area contributed by atoms with Crippen LogP contribution < -0.4 is 9.44 Å². The average Bonchev–Trinajstić information content (AvgIpc) is 3.08. The fraction of sp³-hybridized carbons (Fsp3) is 0.0476. The molecule has 0 saturated carbocycles. The van der Waals surface area contributed by atoms with E-state index in [1.165, 1.54) is 48.5 Å². The lowest BCUT2D eigenvalue weighted by Gasteiger charge is -2.14. The number of halogens is 3. The number of fused-ring (bicyclic) bond motifs is 1. The highest BCUT2D eigenvalue weighted by Gasteiger charge is 2.24. The lowest BCUT2D eigenvalue weighted by molar-refractivity contribution is 0.599. The number of hydrogen-bond acceptors (Lipinski definition) is 5. The second-order valence-electron chi connectivity index (χ2n) is 6.99. The molecule has 33 heavy (non-hydrogen) atoms. The molecule has 4 aromatic rings. The van der Waals surface area contributed by atoms with Crippen molar-refractivity contribution in [3.05, 3.63) is 82.1 Å². The van der Waals surface area contributed by atoms with Gasteiger partial charge in [-0.25, -0.2) is 21.2 Å². The molecular weight excluding hydrogens is 530 g/mol. The van der Waals surface area contributed by atoms with Crippen molar-refractivity contribution in [1.29, 1.82) is 0 Å². The maximum atomic E-state index is 13.6. The second kappa shape index (κ2) is 8.77. The van der Waals surface area contributed by atoms with E-state index in [-0.39, 0.29) is 30.5 Å². The Bertz CT molecular complexity index is 1600. The minimum absolute atomic E-state index is 0.00485. The van der Waals surface area contributed by atoms with Crippen molar-refractivity contribution in [2.75, 3.05) is 9.44 Å². The molecule has 2 N–H and O–H groups in total. The van der Waals surface area contributed by atoms with Crippen molar-refractivity contribution in [2.24, 2.45) is 0 Å². The van der Waals surface area contributed by atoms with Gasteiger partial charge in [-0.1, -0.05) is 35.3 Å². The zero-order valence-corrected chi connectivity index (χ0v) is 20.7. The van der Waals surface area contributed by atoms with Crippen LogP contribution in [0.5, 0.6) is 0 Å². The predicted octanol–water partition coefficient (Wildman–Crippen LogP) is 6.26. The SMILES string of the molecule is Cc1c(S(=O)(=O)Nc2ccccc2NS(=O)(=O)c2ccc(Cl)c(Cl)c2)sc2ccc(F)cc12. The highest BCUT2D eigenvalue weighted by molar-refractivity contribution is 7.95. The predicted molar refractivity (Wildman–Crippen MR) is 131 cm³/mol. The van der Waals surface area contributed by atoms with E-state index in [0.29, 0.717) is 15.6 Å². The van der Waals surface area contributed by atoms with E-state index in [0.717, 1.165) is 11.3 Å². The zero-order chi connectivity index (χ0) is 24.0. The van der Waals surface area contributed by atoms with Gasteiger partial charge in [-0.05, 0) is 66.4 Å². The number of hydrogen-bond donors (Lipinski definition) is 2. The molecule has 172 valence electrons. The van der Waals surface area contributed by atoms with E-state index in [1.807, 2.05) is 0 Å². The first-order valence-electron chi connectivity index (χ1n) is 9.26. The normalized spacial score (nSPS) is 12.1. The van der Waals surface area contributed by atoms with Crippen LogP contribution in [0.15, 0.2) is 69.8 Å². The van der Waals surface area contributed by atoms with Crippen LogP contribution in [0.2, 0.25) is 10.0 Å². The molecule has 0 atom stereocenters. The summed E-state index contributed by atoms with van der Waals surface area (Å²) in [5, 5.41) is 0.751. The number of sulfonamides is 2. The highest BCUT2D eigenvalue weighted by atomic mass is 35.5. The number of rotatable bonds is 6. The molecule has 0 aliphatic rings. The molecule has 0 spiro atoms. The highest BCUT2D eigenvalue weighted by Crippen LogP contribution is 2.36. The Morgan fingerprint density at radius 1 is 0.818 bits per heavy atom. The Morgan fingerprint density at radius 3 is 2.09 bits per heavy atom. The number of aryl methyl sites for hydroxylation is 1. The fourth-order valence-corrected chi connectivity index (χ4v) is 7.42. The van der Waals surface area contributed by atoms with Crippen molar-refractivity contribution in [1.82, 2.24) is 0 Å². The number of para-hydroxylation sites is 2. The molecule has 6 nitrogen and oxygen atoms in total. The summed E-state index contributed by atoms with van der Waals surface area (Å²) >= 11 is 12.8. The van der Waals surface area contributed by atoms with Crippen LogP contribution in [-0.4, -0.2) is 16.8 Å². The van der Waals surface area contributed by atoms with Gasteiger partial charge in [-0.15, -0.1) is 11.3 Å². The van der Waals surface area contributed by atoms with E-state index in [2.05, 4.69) is 9.44 Å². The summed E-state index contributed by atoms with van der Waals surface area (Å²) in [6, 6.07) is 13.8. The summed E-state index contributed by atoms with van der Waals surface area (Å²) in [6.07, 6.45) is 0. The van der Waals surface area contributed by atoms with Crippen molar-refractivity contribution >= 4 is 76.0 Å². The van der Waals surface area contributed by atoms with Gasteiger partial charge in [0.25, 0.3) is 20.0 Å². The summed E-state index contributed by atoms with van der Waals surface area (Å²) in [6.45, 7) is 1.59. The van der Waals surface area contributed by atoms with Crippen LogP contribution >= 0.6 is 34.5 Å². The Morgan fingerprint density at radius 2 is 1.45 bits per heavy atom. The third kappa shape index (κ3) is 4.80. The standard InChI is InChI=1S/C21H15Cl2FN2O4S3/c1-12-15-10-13(24)6-9-20(15)31-21(12)33(29,30)26-19-5-3-2-4-18(19)25-32(27,28)14-7-8-16(22)17(23)11-14/h2-11,25-26H,1H3. The molecular formula is C21H15Cl2FN2O4S3. The van der Waals surface area contributed by atoms with Gasteiger partial charge in [0.15, 0.2) is 0 Å². The third-order valence-corrected chi connectivity index (χ3v) is 10.1. The van der Waals surface area contributed by atoms with Crippen molar-refractivity contribution in [2.45, 2.75) is 16.0 Å². The molecule has 1 heterocycles. The maximum Gasteiger partial charge on any atom is 0.271 e. The largest absolute Gasteiger partial charge is 0.277 e. The Labute approximate surface area is 204 Å². The average molecular weight is 545 g/mol. The third-order valence-electron chi connectivity index (χ3n) is 4.72. The second-order valence-corrected chi connectivity index (χ2v) is 12.4. The molecule has 0 bridgehead atoms. The molecule has 0 fully saturated rings. The molecule has 0 aliphatic carbocycles. The quantitative estimate of drug-likeness (QED) is 0.299. The Hall–Kier alpha value is -2.37. The van der Waals surface area contributed by atoms with E-state index < -0.39 is 25.9 Å². The van der Waals surface area contributed by atoms with E-state index in [1.54, 1.807) is 19.1 Å². The zero-order valence-electron chi connectivity index (χ0n) is 16.8. The fourth-order valence-electron chi connectivity index (χ4n) is 3.13. The van der Waals surface area contributed by atoms with Crippen LogP contribution in [0.4, 0.5) is 15.8 Å². The van der Waals surface area contributed by atoms with Crippen LogP contribution in [-0.2, 0) is 20.0 Å². The Balaban J connectivity index is 1.69. The molecule has 0 saturated heterocycles. The summed E-state index contributed by atoms with van der Waals surface area (Å²) in [4.78, 5) is -0.142. The van der Waals surface area contributed by atoms with Gasteiger partial charge in [0.05, 0.1) is 26.3 Å². The summed E-state index contributed by atoms with van der Waals surface area (Å²) in [5.74, 6) is -0.470. The maximum absolute atomic E-state index is 13.6. The van der Waals surface area contributed by atoms with Crippen molar-refractivity contribution < 1.29 is 21.2 Å². The van der Waals surface area contributed by atoms with Gasteiger partial charge in [-0.2, -0.15) is 0 Å². The van der Waals surface area contributed by atoms with Crippen LogP contribution in [0.25, 0.3) is 10.1 Å². The van der Waals surface area contributed by atoms with Gasteiger partial charge < -0.3 is 0 Å². The summed E-state index contributed by atoms with van der Waals surface area (Å²) in [7, 11) is -8.20. The molecule has 0 radical (unpaired) electrons. The lowest BCUT2D eigenvalue weighted by Crippen LogP contribution is -2.17. The van der Waals surface area contributed by atoms with Gasteiger partial charge in [-0.3, -0.25) is 9.44 Å². The van der Waals surface area contributed by atoms with Gasteiger partial charge in [0, 0.05) is 4.70 Å². The van der Waals surface area contributed by atoms with E-state index in [9.17, 15) is 21.2 Å². The molecule has 0 unspecified atom stereocenters. The first-order valence-corrected chi connectivity index (χ1v) is 13.8. The molecule has 0 aliphatic heterocycles. The molecule has 0 amide bonds. The Kier molecular flexibility index (Phi) is 6.32. The first-order chi connectivity index (χ1) is 15.5. The minimum Gasteiger partial charge on any atom is -0.277 e. The molecule has 1 aromatic heterocycles. The van der Waals surface area contributed by atoms with Crippen LogP contribution in [0.1, 0.15) is 5.56 Å². The number of thiophene rings is 1. The van der Waals surface area contributed by atoms with Crippen LogP contribution in [0, 0.1) is 12.7 Å².